The van der Waals surface area contributed by atoms with Gasteiger partial charge in [-0.1, -0.05) is 44.5 Å². The number of ether oxygens (including phenoxy) is 2. The van der Waals surface area contributed by atoms with Crippen LogP contribution < -0.4 is 20.9 Å². The summed E-state index contributed by atoms with van der Waals surface area (Å²) < 4.78 is 13.0. The molecule has 2 fully saturated rings. The minimum atomic E-state index is -0.319. The highest BCUT2D eigenvalue weighted by Crippen LogP contribution is 2.41. The number of hydrogen-bond acceptors (Lipinski definition) is 10. The maximum absolute atomic E-state index is 13.0. The Kier molecular flexibility index (Phi) is 13.4. The number of amides is 1. The first-order chi connectivity index (χ1) is 24.6. The molecule has 13 nitrogen and oxygen atoms in total. The summed E-state index contributed by atoms with van der Waals surface area (Å²) in [7, 11) is 1.66. The zero-order valence-corrected chi connectivity index (χ0v) is 31.3. The standard InChI is InChI=1S/C38H58N8O5/c1-6-7-22-50-36-41-34(39)33-35(42-36)46(37(48)40-33)26-30-13-12-29(24-31(30)49-5)25-44-18-14-38(15-19-44)16-20-45(21-17-38)32(47)11-9-8-10-23-51-43-28(4)27(2)3/h12-13,24,27H,6-11,14-23,25-26H2,1-5H3,(H,40,48)(H2,39,41,42)/b43-28+. The second kappa shape index (κ2) is 17.9. The number of imidazole rings is 1. The second-order valence-corrected chi connectivity index (χ2v) is 14.6. The Morgan fingerprint density at radius 1 is 1.02 bits per heavy atom. The van der Waals surface area contributed by atoms with Gasteiger partial charge in [-0.2, -0.15) is 9.97 Å². The van der Waals surface area contributed by atoms with E-state index in [1.54, 1.807) is 11.7 Å². The molecule has 2 aromatic heterocycles. The number of piperidine rings is 2. The highest BCUT2D eigenvalue weighted by atomic mass is 16.6. The monoisotopic (exact) mass is 706 g/mol. The van der Waals surface area contributed by atoms with E-state index >= 15 is 0 Å². The molecule has 0 aliphatic carbocycles. The molecule has 3 aromatic rings. The van der Waals surface area contributed by atoms with Gasteiger partial charge in [-0.15, -0.1) is 0 Å². The number of nitrogens with zero attached hydrogens (tertiary/aromatic N) is 6. The van der Waals surface area contributed by atoms with Gasteiger partial charge >= 0.3 is 11.7 Å². The van der Waals surface area contributed by atoms with Crippen LogP contribution in [0.1, 0.15) is 103 Å². The van der Waals surface area contributed by atoms with Crippen molar-refractivity contribution in [2.45, 2.75) is 105 Å². The summed E-state index contributed by atoms with van der Waals surface area (Å²) in [6.07, 6.45) is 9.77. The fraction of sp³-hybridized carbons (Fsp3) is 0.658. The first kappa shape index (κ1) is 38.1. The van der Waals surface area contributed by atoms with Crippen LogP contribution >= 0.6 is 0 Å². The van der Waals surface area contributed by atoms with E-state index in [1.807, 2.05) is 13.0 Å². The Morgan fingerprint density at radius 2 is 1.76 bits per heavy atom. The summed E-state index contributed by atoms with van der Waals surface area (Å²) in [5, 5.41) is 4.15. The number of benzene rings is 1. The number of likely N-dealkylation sites (tertiary alicyclic amines) is 2. The summed E-state index contributed by atoms with van der Waals surface area (Å²) >= 11 is 0. The Bertz CT molecular complexity index is 1680. The number of oxime groups is 1. The molecule has 0 unspecified atom stereocenters. The summed E-state index contributed by atoms with van der Waals surface area (Å²) in [5.74, 6) is 1.59. The van der Waals surface area contributed by atoms with E-state index in [4.69, 9.17) is 20.0 Å². The fourth-order valence-electron chi connectivity index (χ4n) is 6.94. The smallest absolute Gasteiger partial charge is 0.328 e. The van der Waals surface area contributed by atoms with Crippen LogP contribution in [0.15, 0.2) is 28.1 Å². The summed E-state index contributed by atoms with van der Waals surface area (Å²) in [5.41, 5.74) is 10.0. The van der Waals surface area contributed by atoms with E-state index in [9.17, 15) is 9.59 Å². The molecule has 0 atom stereocenters. The normalized spacial score (nSPS) is 16.7. The van der Waals surface area contributed by atoms with Crippen molar-refractivity contribution in [1.29, 1.82) is 0 Å². The number of nitrogens with one attached hydrogen (secondary N) is 1. The molecule has 280 valence electrons. The summed E-state index contributed by atoms with van der Waals surface area (Å²) in [6.45, 7) is 14.3. The molecule has 2 aliphatic heterocycles. The van der Waals surface area contributed by atoms with Crippen molar-refractivity contribution >= 4 is 28.6 Å². The van der Waals surface area contributed by atoms with E-state index in [0.717, 1.165) is 108 Å². The lowest BCUT2D eigenvalue weighted by atomic mass is 9.71. The van der Waals surface area contributed by atoms with Gasteiger partial charge in [-0.05, 0) is 94.3 Å². The molecule has 51 heavy (non-hydrogen) atoms. The third-order valence-electron chi connectivity index (χ3n) is 10.7. The van der Waals surface area contributed by atoms with Crippen LogP contribution in [0.3, 0.4) is 0 Å². The number of anilines is 1. The number of rotatable bonds is 17. The molecule has 1 spiro atoms. The van der Waals surface area contributed by atoms with Crippen LogP contribution in [0.25, 0.3) is 11.2 Å². The van der Waals surface area contributed by atoms with Crippen molar-refractivity contribution in [2.24, 2.45) is 16.5 Å². The molecular weight excluding hydrogens is 648 g/mol. The number of fused-ring (bicyclic) bond motifs is 1. The number of carbonyl (C=O) groups is 1. The average molecular weight is 707 g/mol. The molecule has 13 heteroatoms. The number of nitrogen functional groups attached to an aromatic ring is 1. The van der Waals surface area contributed by atoms with Crippen LogP contribution in [0, 0.1) is 11.3 Å². The second-order valence-electron chi connectivity index (χ2n) is 14.6. The van der Waals surface area contributed by atoms with Gasteiger partial charge in [0.05, 0.1) is 26.0 Å². The van der Waals surface area contributed by atoms with Gasteiger partial charge in [0.1, 0.15) is 17.9 Å². The van der Waals surface area contributed by atoms with E-state index < -0.39 is 0 Å². The van der Waals surface area contributed by atoms with Crippen molar-refractivity contribution in [2.75, 3.05) is 52.2 Å². The van der Waals surface area contributed by atoms with Gasteiger partial charge < -0.3 is 29.9 Å². The molecule has 2 saturated heterocycles. The van der Waals surface area contributed by atoms with Gasteiger partial charge in [0, 0.05) is 31.6 Å². The van der Waals surface area contributed by atoms with Crippen LogP contribution in [0.4, 0.5) is 5.82 Å². The molecule has 1 amide bonds. The summed E-state index contributed by atoms with van der Waals surface area (Å²) in [4.78, 5) is 47.4. The topological polar surface area (TPSA) is 153 Å². The van der Waals surface area contributed by atoms with Crippen molar-refractivity contribution in [3.63, 3.8) is 0 Å². The van der Waals surface area contributed by atoms with Crippen LogP contribution in [0.5, 0.6) is 11.8 Å². The molecule has 0 bridgehead atoms. The SMILES string of the molecule is CCCCOc1nc(N)c2[nH]c(=O)n(Cc3ccc(CN4CCC5(CC4)CCN(C(=O)CCCCCO/N=C(\C)C(C)C)CC5)cc3OC)c2n1. The van der Waals surface area contributed by atoms with E-state index in [0.29, 0.717) is 48.0 Å². The Morgan fingerprint density at radius 3 is 2.47 bits per heavy atom. The maximum Gasteiger partial charge on any atom is 0.328 e. The average Bonchev–Trinajstić information content (AvgIpc) is 3.44. The number of unbranched alkanes of at least 4 members (excludes halogenated alkanes) is 3. The van der Waals surface area contributed by atoms with Crippen molar-refractivity contribution in [3.8, 4) is 11.8 Å². The lowest BCUT2D eigenvalue weighted by Crippen LogP contribution is -2.48. The molecule has 0 saturated carbocycles. The van der Waals surface area contributed by atoms with Crippen LogP contribution in [-0.2, 0) is 22.7 Å². The first-order valence-electron chi connectivity index (χ1n) is 18.8. The van der Waals surface area contributed by atoms with Gasteiger partial charge in [0.25, 0.3) is 0 Å². The minimum Gasteiger partial charge on any atom is -0.496 e. The predicted molar refractivity (Wildman–Crippen MR) is 200 cm³/mol. The summed E-state index contributed by atoms with van der Waals surface area (Å²) in [6, 6.07) is 6.38. The third kappa shape index (κ3) is 10.0. The number of hydrogen-bond donors (Lipinski definition) is 2. The molecule has 0 radical (unpaired) electrons. The number of nitrogens with two attached hydrogens (primary N) is 1. The molecule has 4 heterocycles. The Balaban J connectivity index is 1.08. The molecular formula is C38H58N8O5. The lowest BCUT2D eigenvalue weighted by Gasteiger charge is -2.47. The van der Waals surface area contributed by atoms with Crippen molar-refractivity contribution < 1.29 is 19.1 Å². The van der Waals surface area contributed by atoms with Gasteiger partial charge in [-0.3, -0.25) is 14.3 Å². The zero-order valence-electron chi connectivity index (χ0n) is 31.3. The highest BCUT2D eigenvalue weighted by molar-refractivity contribution is 5.83. The lowest BCUT2D eigenvalue weighted by molar-refractivity contribution is -0.134. The third-order valence-corrected chi connectivity index (χ3v) is 10.7. The van der Waals surface area contributed by atoms with E-state index in [1.165, 1.54) is 5.56 Å². The minimum absolute atomic E-state index is 0.164. The number of aromatic amines is 1. The molecule has 2 aliphatic rings. The number of carbonyl (C=O) groups excluding carboxylic acids is 1. The van der Waals surface area contributed by atoms with E-state index in [-0.39, 0.29) is 24.1 Å². The zero-order chi connectivity index (χ0) is 36.4. The predicted octanol–water partition coefficient (Wildman–Crippen LogP) is 5.75. The van der Waals surface area contributed by atoms with E-state index in [2.05, 4.69) is 62.8 Å². The van der Waals surface area contributed by atoms with Crippen LogP contribution in [-0.4, -0.2) is 87.4 Å². The van der Waals surface area contributed by atoms with Gasteiger partial charge in [0.15, 0.2) is 11.5 Å². The maximum atomic E-state index is 13.0. The molecule has 1 aromatic carbocycles. The van der Waals surface area contributed by atoms with Crippen LogP contribution in [0.2, 0.25) is 0 Å². The number of methoxy groups -OCH3 is 1. The number of aromatic nitrogens is 4. The highest BCUT2D eigenvalue weighted by Gasteiger charge is 2.38. The van der Waals surface area contributed by atoms with Crippen molar-refractivity contribution in [3.05, 3.63) is 39.8 Å². The van der Waals surface area contributed by atoms with Gasteiger partial charge in [0.2, 0.25) is 5.91 Å². The molecule has 3 N–H and O–H groups in total. The quantitative estimate of drug-likeness (QED) is 0.102. The van der Waals surface area contributed by atoms with Gasteiger partial charge in [-0.25, -0.2) is 4.79 Å². The Hall–Kier alpha value is -4.13. The number of H-pyrrole nitrogens is 1. The fourth-order valence-corrected chi connectivity index (χ4v) is 6.94. The molecule has 5 rings (SSSR count). The van der Waals surface area contributed by atoms with Crippen molar-refractivity contribution in [1.82, 2.24) is 29.3 Å². The largest absolute Gasteiger partial charge is 0.496 e. The Labute approximate surface area is 301 Å². The first-order valence-corrected chi connectivity index (χ1v) is 18.8.